The van der Waals surface area contributed by atoms with Gasteiger partial charge in [0, 0.05) is 29.6 Å². The summed E-state index contributed by atoms with van der Waals surface area (Å²) in [5.74, 6) is 0.563. The van der Waals surface area contributed by atoms with Crippen molar-refractivity contribution in [2.75, 3.05) is 11.4 Å². The topological polar surface area (TPSA) is 66.3 Å². The van der Waals surface area contributed by atoms with Crippen molar-refractivity contribution in [3.63, 3.8) is 0 Å². The Balaban J connectivity index is 2.02. The van der Waals surface area contributed by atoms with Crippen molar-refractivity contribution in [2.45, 2.75) is 20.3 Å². The number of hydrogen-bond acceptors (Lipinski definition) is 4. The Kier molecular flexibility index (Phi) is 5.27. The number of aryl methyl sites for hydroxylation is 1. The van der Waals surface area contributed by atoms with E-state index in [4.69, 9.17) is 10.1 Å². The Morgan fingerprint density at radius 2 is 1.73 bits per heavy atom. The molecule has 0 aliphatic carbocycles. The summed E-state index contributed by atoms with van der Waals surface area (Å²) < 4.78 is 0. The lowest BCUT2D eigenvalue weighted by molar-refractivity contribution is 0.0697. The highest BCUT2D eigenvalue weighted by molar-refractivity contribution is 5.88. The van der Waals surface area contributed by atoms with Gasteiger partial charge in [-0.15, -0.1) is 0 Å². The predicted octanol–water partition coefficient (Wildman–Crippen LogP) is 4.70. The molecule has 0 fully saturated rings. The van der Waals surface area contributed by atoms with E-state index in [0.29, 0.717) is 5.82 Å². The molecule has 2 aromatic carbocycles. The van der Waals surface area contributed by atoms with Crippen LogP contribution in [0, 0.1) is 6.92 Å². The fraction of sp³-hybridized carbons (Fsp3) is 0.190. The van der Waals surface area contributed by atoms with Gasteiger partial charge >= 0.3 is 5.97 Å². The third kappa shape index (κ3) is 3.88. The maximum absolute atomic E-state index is 11.1. The van der Waals surface area contributed by atoms with Gasteiger partial charge in [0.1, 0.15) is 5.82 Å². The van der Waals surface area contributed by atoms with Crippen LogP contribution in [0.15, 0.2) is 60.7 Å². The minimum atomic E-state index is -0.928. The summed E-state index contributed by atoms with van der Waals surface area (Å²) in [5.41, 5.74) is 3.04. The second-order valence-corrected chi connectivity index (χ2v) is 6.06. The zero-order valence-corrected chi connectivity index (χ0v) is 14.9. The first-order chi connectivity index (χ1) is 12.6. The lowest BCUT2D eigenvalue weighted by atomic mass is 10.2. The average molecular weight is 347 g/mol. The number of carboxylic acid groups (broad SMARTS) is 1. The molecule has 0 spiro atoms. The normalized spacial score (nSPS) is 10.5. The van der Waals surface area contributed by atoms with Gasteiger partial charge in [-0.1, -0.05) is 37.3 Å². The van der Waals surface area contributed by atoms with E-state index in [1.54, 1.807) is 12.1 Å². The lowest BCUT2D eigenvalue weighted by Crippen LogP contribution is -2.20. The number of rotatable bonds is 6. The van der Waals surface area contributed by atoms with Crippen LogP contribution in [0.4, 0.5) is 11.5 Å². The molecule has 0 amide bonds. The molecule has 0 atom stereocenters. The number of hydrogen-bond donors (Lipinski definition) is 1. The van der Waals surface area contributed by atoms with Crippen molar-refractivity contribution in [1.29, 1.82) is 0 Å². The van der Waals surface area contributed by atoms with E-state index >= 15 is 0 Å². The molecule has 0 bridgehead atoms. The second-order valence-electron chi connectivity index (χ2n) is 6.06. The molecular formula is C21H21N3O2. The lowest BCUT2D eigenvalue weighted by Gasteiger charge is -2.24. The largest absolute Gasteiger partial charge is 0.478 e. The smallest absolute Gasteiger partial charge is 0.335 e. The van der Waals surface area contributed by atoms with Crippen LogP contribution in [0.3, 0.4) is 0 Å². The molecule has 0 saturated carbocycles. The van der Waals surface area contributed by atoms with Crippen LogP contribution in [-0.2, 0) is 0 Å². The minimum absolute atomic E-state index is 0.272. The highest BCUT2D eigenvalue weighted by Crippen LogP contribution is 2.27. The average Bonchev–Trinajstić information content (AvgIpc) is 2.66. The second kappa shape index (κ2) is 7.78. The Morgan fingerprint density at radius 1 is 1.04 bits per heavy atom. The summed E-state index contributed by atoms with van der Waals surface area (Å²) in [4.78, 5) is 22.5. The van der Waals surface area contributed by atoms with Gasteiger partial charge in [-0.3, -0.25) is 0 Å². The van der Waals surface area contributed by atoms with Crippen molar-refractivity contribution in [1.82, 2.24) is 9.97 Å². The Bertz CT molecular complexity index is 893. The molecule has 5 heteroatoms. The van der Waals surface area contributed by atoms with Gasteiger partial charge in [0.25, 0.3) is 0 Å². The Morgan fingerprint density at radius 3 is 2.35 bits per heavy atom. The summed E-state index contributed by atoms with van der Waals surface area (Å²) in [6.07, 6.45) is 0.935. The SMILES string of the molecule is CCCN(c1ccc(C(=O)O)cc1)c1cc(C)nc(-c2ccccc2)n1. The molecule has 0 aliphatic rings. The van der Waals surface area contributed by atoms with Crippen LogP contribution in [0.2, 0.25) is 0 Å². The molecule has 0 aliphatic heterocycles. The number of carboxylic acids is 1. The van der Waals surface area contributed by atoms with Gasteiger partial charge in [-0.05, 0) is 37.6 Å². The first-order valence-electron chi connectivity index (χ1n) is 8.60. The summed E-state index contributed by atoms with van der Waals surface area (Å²) in [6, 6.07) is 18.7. The van der Waals surface area contributed by atoms with E-state index in [2.05, 4.69) is 16.8 Å². The monoisotopic (exact) mass is 347 g/mol. The van der Waals surface area contributed by atoms with E-state index in [1.165, 1.54) is 0 Å². The van der Waals surface area contributed by atoms with E-state index in [0.717, 1.165) is 35.7 Å². The van der Waals surface area contributed by atoms with Gasteiger partial charge in [0.15, 0.2) is 5.82 Å². The molecule has 1 aromatic heterocycles. The molecule has 3 aromatic rings. The van der Waals surface area contributed by atoms with Gasteiger partial charge < -0.3 is 10.0 Å². The maximum atomic E-state index is 11.1. The van der Waals surface area contributed by atoms with Crippen LogP contribution >= 0.6 is 0 Å². The fourth-order valence-electron chi connectivity index (χ4n) is 2.79. The van der Waals surface area contributed by atoms with E-state index < -0.39 is 5.97 Å². The highest BCUT2D eigenvalue weighted by atomic mass is 16.4. The maximum Gasteiger partial charge on any atom is 0.335 e. The van der Waals surface area contributed by atoms with Crippen molar-refractivity contribution >= 4 is 17.5 Å². The van der Waals surface area contributed by atoms with Crippen LogP contribution in [0.25, 0.3) is 11.4 Å². The minimum Gasteiger partial charge on any atom is -0.478 e. The van der Waals surface area contributed by atoms with E-state index in [9.17, 15) is 4.79 Å². The summed E-state index contributed by atoms with van der Waals surface area (Å²) in [6.45, 7) is 4.83. The first-order valence-corrected chi connectivity index (χ1v) is 8.60. The molecule has 0 saturated heterocycles. The van der Waals surface area contributed by atoms with Gasteiger partial charge in [0.2, 0.25) is 0 Å². The Hall–Kier alpha value is -3.21. The number of nitrogens with zero attached hydrogens (tertiary/aromatic N) is 3. The van der Waals surface area contributed by atoms with Crippen molar-refractivity contribution in [2.24, 2.45) is 0 Å². The zero-order valence-electron chi connectivity index (χ0n) is 14.9. The van der Waals surface area contributed by atoms with Crippen molar-refractivity contribution in [3.05, 3.63) is 71.9 Å². The highest BCUT2D eigenvalue weighted by Gasteiger charge is 2.14. The molecule has 0 radical (unpaired) electrons. The number of aromatic carboxylic acids is 1. The van der Waals surface area contributed by atoms with Crippen LogP contribution in [0.5, 0.6) is 0 Å². The quantitative estimate of drug-likeness (QED) is 0.700. The van der Waals surface area contributed by atoms with Crippen LogP contribution in [-0.4, -0.2) is 27.6 Å². The van der Waals surface area contributed by atoms with Gasteiger partial charge in [0.05, 0.1) is 5.56 Å². The number of benzene rings is 2. The first kappa shape index (κ1) is 17.6. The van der Waals surface area contributed by atoms with Crippen LogP contribution < -0.4 is 4.90 Å². The number of carbonyl (C=O) groups is 1. The summed E-state index contributed by atoms with van der Waals surface area (Å²) in [7, 11) is 0. The summed E-state index contributed by atoms with van der Waals surface area (Å²) in [5, 5.41) is 9.10. The predicted molar refractivity (Wildman–Crippen MR) is 103 cm³/mol. The van der Waals surface area contributed by atoms with E-state index in [1.807, 2.05) is 55.5 Å². The molecule has 1 heterocycles. The standard InChI is InChI=1S/C21H21N3O2/c1-3-13-24(18-11-9-17(10-12-18)21(25)26)19-14-15(2)22-20(23-19)16-7-5-4-6-8-16/h4-12,14H,3,13H2,1-2H3,(H,25,26). The van der Waals surface area contributed by atoms with E-state index in [-0.39, 0.29) is 5.56 Å². The van der Waals surface area contributed by atoms with Gasteiger partial charge in [-0.2, -0.15) is 0 Å². The molecule has 132 valence electrons. The molecule has 26 heavy (non-hydrogen) atoms. The third-order valence-electron chi connectivity index (χ3n) is 4.02. The molecule has 1 N–H and O–H groups in total. The number of anilines is 2. The Labute approximate surface area is 153 Å². The van der Waals surface area contributed by atoms with Gasteiger partial charge in [-0.25, -0.2) is 14.8 Å². The zero-order chi connectivity index (χ0) is 18.5. The summed E-state index contributed by atoms with van der Waals surface area (Å²) >= 11 is 0. The number of aromatic nitrogens is 2. The molecular weight excluding hydrogens is 326 g/mol. The van der Waals surface area contributed by atoms with Crippen LogP contribution in [0.1, 0.15) is 29.4 Å². The molecule has 0 unspecified atom stereocenters. The molecule has 5 nitrogen and oxygen atoms in total. The van der Waals surface area contributed by atoms with Crippen molar-refractivity contribution in [3.8, 4) is 11.4 Å². The molecule has 3 rings (SSSR count). The third-order valence-corrected chi connectivity index (χ3v) is 4.02. The van der Waals surface area contributed by atoms with Crippen molar-refractivity contribution < 1.29 is 9.90 Å². The fourth-order valence-corrected chi connectivity index (χ4v) is 2.79.